The lowest BCUT2D eigenvalue weighted by Crippen LogP contribution is -2.41. The van der Waals surface area contributed by atoms with Crippen molar-refractivity contribution in [2.24, 2.45) is 0 Å². The van der Waals surface area contributed by atoms with Crippen molar-refractivity contribution in [2.45, 2.75) is 37.2 Å². The van der Waals surface area contributed by atoms with E-state index in [1.165, 1.54) is 11.8 Å². The number of hydrogen-bond acceptors (Lipinski definition) is 6. The average Bonchev–Trinajstić information content (AvgIpc) is 3.10. The topological polar surface area (TPSA) is 81.1 Å². The first-order valence-electron chi connectivity index (χ1n) is 9.33. The van der Waals surface area contributed by atoms with E-state index in [1.807, 2.05) is 67.9 Å². The van der Waals surface area contributed by atoms with Crippen LogP contribution in [0.3, 0.4) is 0 Å². The van der Waals surface area contributed by atoms with Gasteiger partial charge in [0.1, 0.15) is 16.8 Å². The van der Waals surface area contributed by atoms with E-state index in [1.54, 1.807) is 7.11 Å². The minimum Gasteiger partial charge on any atom is -0.497 e. The summed E-state index contributed by atoms with van der Waals surface area (Å²) < 4.78 is 7.10. The van der Waals surface area contributed by atoms with Crippen LogP contribution in [0, 0.1) is 20.8 Å². The Hall–Kier alpha value is -3.00. The van der Waals surface area contributed by atoms with Gasteiger partial charge < -0.3 is 15.5 Å². The molecule has 1 aromatic heterocycles. The molecule has 4 rings (SSSR count). The molecule has 0 fully saturated rings. The van der Waals surface area contributed by atoms with Gasteiger partial charge in [-0.15, -0.1) is 10.2 Å². The molecule has 3 aromatic rings. The number of fused-ring (bicyclic) bond motifs is 1. The minimum absolute atomic E-state index is 0.0797. The second kappa shape index (κ2) is 7.79. The summed E-state index contributed by atoms with van der Waals surface area (Å²) in [5.74, 6) is 1.44. The van der Waals surface area contributed by atoms with Crippen LogP contribution in [0.1, 0.15) is 28.6 Å². The van der Waals surface area contributed by atoms with Crippen molar-refractivity contribution in [1.29, 1.82) is 0 Å². The van der Waals surface area contributed by atoms with Gasteiger partial charge in [0.2, 0.25) is 11.1 Å². The zero-order chi connectivity index (χ0) is 20.5. The fourth-order valence-electron chi connectivity index (χ4n) is 3.30. The molecule has 0 saturated heterocycles. The number of ether oxygens (including phenoxy) is 1. The van der Waals surface area contributed by atoms with Crippen LogP contribution >= 0.6 is 11.8 Å². The fourth-order valence-corrected chi connectivity index (χ4v) is 4.42. The van der Waals surface area contributed by atoms with Crippen LogP contribution in [-0.4, -0.2) is 33.1 Å². The van der Waals surface area contributed by atoms with Gasteiger partial charge >= 0.3 is 0 Å². The third kappa shape index (κ3) is 3.80. The van der Waals surface area contributed by atoms with Gasteiger partial charge in [-0.05, 0) is 55.7 Å². The quantitative estimate of drug-likeness (QED) is 0.685. The van der Waals surface area contributed by atoms with Crippen molar-refractivity contribution in [3.8, 4) is 5.75 Å². The molecule has 2 atom stereocenters. The van der Waals surface area contributed by atoms with Crippen LogP contribution in [0.2, 0.25) is 0 Å². The number of hydrogen-bond donors (Lipinski definition) is 2. The van der Waals surface area contributed by atoms with Gasteiger partial charge in [-0.25, -0.2) is 4.68 Å². The molecule has 0 spiro atoms. The van der Waals surface area contributed by atoms with Crippen molar-refractivity contribution in [3.05, 3.63) is 65.0 Å². The smallest absolute Gasteiger partial charge is 0.240 e. The summed E-state index contributed by atoms with van der Waals surface area (Å²) in [5.41, 5.74) is 7.35. The van der Waals surface area contributed by atoms with E-state index in [0.717, 1.165) is 34.0 Å². The van der Waals surface area contributed by atoms with Gasteiger partial charge in [0.05, 0.1) is 13.2 Å². The molecule has 2 N–H and O–H groups in total. The molecule has 0 bridgehead atoms. The van der Waals surface area contributed by atoms with E-state index in [4.69, 9.17) is 4.74 Å². The average molecular weight is 410 g/mol. The summed E-state index contributed by atoms with van der Waals surface area (Å²) in [6.45, 7) is 5.88. The molecule has 1 aliphatic heterocycles. The zero-order valence-corrected chi connectivity index (χ0v) is 17.6. The molecule has 0 unspecified atom stereocenters. The number of nitrogens with one attached hydrogen (secondary N) is 2. The van der Waals surface area contributed by atoms with Gasteiger partial charge in [-0.2, -0.15) is 0 Å². The van der Waals surface area contributed by atoms with Crippen molar-refractivity contribution < 1.29 is 9.53 Å². The third-order valence-corrected chi connectivity index (χ3v) is 6.20. The largest absolute Gasteiger partial charge is 0.497 e. The first kappa shape index (κ1) is 19.3. The fraction of sp³-hybridized carbons (Fsp3) is 0.286. The van der Waals surface area contributed by atoms with Gasteiger partial charge in [0.15, 0.2) is 0 Å². The third-order valence-electron chi connectivity index (χ3n) is 4.98. The molecule has 8 heteroatoms. The summed E-state index contributed by atoms with van der Waals surface area (Å²) in [5, 5.41) is 11.7. The van der Waals surface area contributed by atoms with Gasteiger partial charge in [0, 0.05) is 5.69 Å². The number of methoxy groups -OCH3 is 1. The number of thioether (sulfide) groups is 1. The highest BCUT2D eigenvalue weighted by Gasteiger charge is 2.37. The Morgan fingerprint density at radius 2 is 1.90 bits per heavy atom. The minimum atomic E-state index is -0.417. The molecule has 150 valence electrons. The number of benzene rings is 2. The van der Waals surface area contributed by atoms with Crippen molar-refractivity contribution in [3.63, 3.8) is 0 Å². The molecule has 1 amide bonds. The van der Waals surface area contributed by atoms with Crippen LogP contribution in [-0.2, 0) is 4.79 Å². The number of carbonyl (C=O) groups excluding carboxylic acids is 1. The van der Waals surface area contributed by atoms with Crippen LogP contribution in [0.4, 0.5) is 5.69 Å². The highest BCUT2D eigenvalue weighted by molar-refractivity contribution is 8.00. The molecule has 2 aromatic carbocycles. The first-order chi connectivity index (χ1) is 14.0. The van der Waals surface area contributed by atoms with Gasteiger partial charge in [-0.1, -0.05) is 36.0 Å². The second-order valence-electron chi connectivity index (χ2n) is 7.09. The number of amides is 1. The number of rotatable bonds is 4. The Kier molecular flexibility index (Phi) is 5.19. The highest BCUT2D eigenvalue weighted by atomic mass is 32.2. The number of anilines is 1. The molecular formula is C21H23N5O2S. The van der Waals surface area contributed by atoms with Crippen molar-refractivity contribution in [1.82, 2.24) is 14.9 Å². The maximum Gasteiger partial charge on any atom is 0.240 e. The van der Waals surface area contributed by atoms with E-state index in [-0.39, 0.29) is 11.9 Å². The van der Waals surface area contributed by atoms with E-state index in [9.17, 15) is 4.79 Å². The first-order valence-corrected chi connectivity index (χ1v) is 10.2. The predicted octanol–water partition coefficient (Wildman–Crippen LogP) is 3.61. The van der Waals surface area contributed by atoms with E-state index < -0.39 is 5.25 Å². The maximum atomic E-state index is 13.3. The molecule has 0 saturated carbocycles. The maximum absolute atomic E-state index is 13.3. The molecule has 0 aliphatic carbocycles. The monoisotopic (exact) mass is 409 g/mol. The summed E-state index contributed by atoms with van der Waals surface area (Å²) in [6, 6.07) is 13.5. The highest BCUT2D eigenvalue weighted by Crippen LogP contribution is 2.38. The lowest BCUT2D eigenvalue weighted by molar-refractivity contribution is -0.116. The van der Waals surface area contributed by atoms with E-state index in [2.05, 4.69) is 20.9 Å². The lowest BCUT2D eigenvalue weighted by Gasteiger charge is -2.33. The lowest BCUT2D eigenvalue weighted by atomic mass is 10.0. The van der Waals surface area contributed by atoms with Crippen molar-refractivity contribution in [2.75, 3.05) is 17.9 Å². The van der Waals surface area contributed by atoms with Gasteiger partial charge in [-0.3, -0.25) is 4.79 Å². The molecular weight excluding hydrogens is 386 g/mol. The molecule has 1 aliphatic rings. The normalized spacial score (nSPS) is 17.9. The summed E-state index contributed by atoms with van der Waals surface area (Å²) >= 11 is 1.41. The summed E-state index contributed by atoms with van der Waals surface area (Å²) in [7, 11) is 1.64. The Labute approximate surface area is 173 Å². The number of nitrogens with zero attached hydrogens (tertiary/aromatic N) is 3. The zero-order valence-electron chi connectivity index (χ0n) is 16.8. The summed E-state index contributed by atoms with van der Waals surface area (Å²) in [4.78, 5) is 13.3. The Morgan fingerprint density at radius 1 is 1.14 bits per heavy atom. The SMILES string of the molecule is COc1ccc([C@@H]2Nn3c(C)nnc3S[C@H]2C(=O)Nc2cc(C)ccc2C)cc1. The number of carbonyl (C=O) groups is 1. The predicted molar refractivity (Wildman–Crippen MR) is 114 cm³/mol. The molecule has 7 nitrogen and oxygen atoms in total. The van der Waals surface area contributed by atoms with Crippen LogP contribution < -0.4 is 15.5 Å². The van der Waals surface area contributed by atoms with Crippen LogP contribution in [0.5, 0.6) is 5.75 Å². The Bertz CT molecular complexity index is 1050. The summed E-state index contributed by atoms with van der Waals surface area (Å²) in [6.07, 6.45) is 0. The van der Waals surface area contributed by atoms with Crippen LogP contribution in [0.15, 0.2) is 47.6 Å². The van der Waals surface area contributed by atoms with Crippen LogP contribution in [0.25, 0.3) is 0 Å². The molecule has 29 heavy (non-hydrogen) atoms. The van der Waals surface area contributed by atoms with E-state index >= 15 is 0 Å². The number of aryl methyl sites for hydroxylation is 3. The molecule has 0 radical (unpaired) electrons. The van der Waals surface area contributed by atoms with E-state index in [0.29, 0.717) is 5.16 Å². The Morgan fingerprint density at radius 3 is 2.62 bits per heavy atom. The Balaban J connectivity index is 1.67. The van der Waals surface area contributed by atoms with Gasteiger partial charge in [0.25, 0.3) is 0 Å². The number of aromatic nitrogens is 3. The standard InChI is InChI=1S/C21H23N5O2S/c1-12-5-6-13(2)17(11-12)22-20(27)19-18(15-7-9-16(28-4)10-8-15)25-26-14(3)23-24-21(26)29-19/h5-11,18-19,25H,1-4H3,(H,22,27)/t18-,19+/m0/s1. The van der Waals surface area contributed by atoms with Crippen molar-refractivity contribution >= 4 is 23.4 Å². The second-order valence-corrected chi connectivity index (χ2v) is 8.20. The molecule has 2 heterocycles.